The number of carbonyl (C=O) groups excluding carboxylic acids is 1. The second-order valence-electron chi connectivity index (χ2n) is 5.44. The Morgan fingerprint density at radius 2 is 2.12 bits per heavy atom. The summed E-state index contributed by atoms with van der Waals surface area (Å²) in [7, 11) is 0. The molecule has 0 atom stereocenters. The third-order valence-corrected chi connectivity index (χ3v) is 4.12. The fourth-order valence-electron chi connectivity index (χ4n) is 2.67. The molecule has 132 valence electrons. The summed E-state index contributed by atoms with van der Waals surface area (Å²) >= 11 is 5.95. The van der Waals surface area contributed by atoms with Crippen molar-refractivity contribution in [3.05, 3.63) is 58.1 Å². The number of halogens is 4. The van der Waals surface area contributed by atoms with E-state index in [1.54, 1.807) is 0 Å². The van der Waals surface area contributed by atoms with Crippen molar-refractivity contribution in [1.29, 1.82) is 5.26 Å². The SMILES string of the molecule is N#Cc1c(C(=O)c2cc(F)ccc2Cl)c(N)cc2c1ncn2CC(F)F. The van der Waals surface area contributed by atoms with E-state index in [0.29, 0.717) is 0 Å². The number of carbonyl (C=O) groups is 1. The number of nitriles is 1. The summed E-state index contributed by atoms with van der Waals surface area (Å²) in [5, 5.41) is 9.48. The second kappa shape index (κ2) is 6.69. The fourth-order valence-corrected chi connectivity index (χ4v) is 2.88. The number of nitrogen functional groups attached to an aromatic ring is 1. The van der Waals surface area contributed by atoms with Gasteiger partial charge in [-0.05, 0) is 24.3 Å². The molecule has 0 bridgehead atoms. The van der Waals surface area contributed by atoms with Crippen LogP contribution in [0.3, 0.4) is 0 Å². The van der Waals surface area contributed by atoms with E-state index >= 15 is 0 Å². The van der Waals surface area contributed by atoms with Gasteiger partial charge in [0, 0.05) is 11.3 Å². The van der Waals surface area contributed by atoms with E-state index in [-0.39, 0.29) is 38.4 Å². The molecule has 26 heavy (non-hydrogen) atoms. The molecular formula is C17H10ClF3N4O. The highest BCUT2D eigenvalue weighted by molar-refractivity contribution is 6.35. The van der Waals surface area contributed by atoms with Crippen molar-refractivity contribution >= 4 is 34.1 Å². The summed E-state index contributed by atoms with van der Waals surface area (Å²) in [6.45, 7) is -0.635. The van der Waals surface area contributed by atoms with Crippen molar-refractivity contribution in [2.45, 2.75) is 13.0 Å². The second-order valence-corrected chi connectivity index (χ2v) is 5.84. The van der Waals surface area contributed by atoms with Gasteiger partial charge in [0.05, 0.1) is 34.5 Å². The first-order chi connectivity index (χ1) is 12.3. The van der Waals surface area contributed by atoms with Crippen LogP contribution in [0.5, 0.6) is 0 Å². The molecule has 0 unspecified atom stereocenters. The summed E-state index contributed by atoms with van der Waals surface area (Å²) in [5.74, 6) is -1.44. The number of aromatic nitrogens is 2. The van der Waals surface area contributed by atoms with Gasteiger partial charge in [0.25, 0.3) is 6.43 Å². The number of benzene rings is 2. The predicted molar refractivity (Wildman–Crippen MR) is 89.7 cm³/mol. The lowest BCUT2D eigenvalue weighted by Gasteiger charge is -2.11. The van der Waals surface area contributed by atoms with E-state index in [0.717, 1.165) is 23.0 Å². The van der Waals surface area contributed by atoms with Gasteiger partial charge < -0.3 is 10.3 Å². The molecule has 0 fully saturated rings. The van der Waals surface area contributed by atoms with Gasteiger partial charge in [-0.3, -0.25) is 4.79 Å². The van der Waals surface area contributed by atoms with E-state index in [2.05, 4.69) is 4.98 Å². The average molecular weight is 379 g/mol. The topological polar surface area (TPSA) is 84.7 Å². The predicted octanol–water partition coefficient (Wildman–Crippen LogP) is 3.78. The monoisotopic (exact) mass is 378 g/mol. The van der Waals surface area contributed by atoms with Crippen LogP contribution < -0.4 is 5.73 Å². The molecule has 0 radical (unpaired) electrons. The smallest absolute Gasteiger partial charge is 0.256 e. The van der Waals surface area contributed by atoms with Crippen LogP contribution in [0.15, 0.2) is 30.6 Å². The molecule has 0 aliphatic carbocycles. The Hall–Kier alpha value is -3.05. The number of anilines is 1. The van der Waals surface area contributed by atoms with E-state index < -0.39 is 24.6 Å². The molecule has 2 aromatic carbocycles. The highest BCUT2D eigenvalue weighted by Gasteiger charge is 2.24. The minimum absolute atomic E-state index is 0.0111. The third kappa shape index (κ3) is 2.97. The minimum atomic E-state index is -2.63. The molecule has 1 aromatic heterocycles. The molecule has 0 saturated carbocycles. The normalized spacial score (nSPS) is 11.1. The quantitative estimate of drug-likeness (QED) is 0.553. The number of ketones is 1. The highest BCUT2D eigenvalue weighted by atomic mass is 35.5. The number of nitrogens with two attached hydrogens (primary N) is 1. The van der Waals surface area contributed by atoms with Crippen LogP contribution in [0.1, 0.15) is 21.5 Å². The standard InChI is InChI=1S/C17H10ClF3N4O/c18-11-2-1-8(19)3-9(11)17(26)15-10(5-22)16-13(4-12(15)23)25(7-24-16)6-14(20)21/h1-4,7,14H,6,23H2. The maximum atomic E-state index is 13.5. The zero-order valence-corrected chi connectivity index (χ0v) is 13.8. The van der Waals surface area contributed by atoms with Gasteiger partial charge >= 0.3 is 0 Å². The Balaban J connectivity index is 2.24. The number of rotatable bonds is 4. The Morgan fingerprint density at radius 3 is 2.77 bits per heavy atom. The van der Waals surface area contributed by atoms with Gasteiger partial charge in [0.15, 0.2) is 5.78 Å². The molecule has 1 heterocycles. The molecule has 0 amide bonds. The van der Waals surface area contributed by atoms with Crippen LogP contribution in [-0.2, 0) is 6.54 Å². The zero-order chi connectivity index (χ0) is 19.0. The van der Waals surface area contributed by atoms with E-state index in [4.69, 9.17) is 17.3 Å². The van der Waals surface area contributed by atoms with Crippen molar-refractivity contribution in [3.63, 3.8) is 0 Å². The van der Waals surface area contributed by atoms with Crippen molar-refractivity contribution in [3.8, 4) is 6.07 Å². The number of nitrogens with zero attached hydrogens (tertiary/aromatic N) is 3. The summed E-state index contributed by atoms with van der Waals surface area (Å²) in [5.41, 5.74) is 5.50. The van der Waals surface area contributed by atoms with Gasteiger partial charge in [0.1, 0.15) is 17.4 Å². The Morgan fingerprint density at radius 1 is 1.38 bits per heavy atom. The molecule has 5 nitrogen and oxygen atoms in total. The molecule has 3 rings (SSSR count). The van der Waals surface area contributed by atoms with Crippen LogP contribution in [-0.4, -0.2) is 21.8 Å². The molecular weight excluding hydrogens is 369 g/mol. The Labute approximate surface area is 150 Å². The van der Waals surface area contributed by atoms with Crippen LogP contribution in [0, 0.1) is 17.1 Å². The third-order valence-electron chi connectivity index (χ3n) is 3.79. The summed E-state index contributed by atoms with van der Waals surface area (Å²) in [6.07, 6.45) is -1.49. The Bertz CT molecular complexity index is 1070. The number of alkyl halides is 2. The van der Waals surface area contributed by atoms with Crippen LogP contribution >= 0.6 is 11.6 Å². The van der Waals surface area contributed by atoms with Crippen LogP contribution in [0.4, 0.5) is 18.9 Å². The first-order valence-electron chi connectivity index (χ1n) is 7.28. The van der Waals surface area contributed by atoms with Crippen molar-refractivity contribution < 1.29 is 18.0 Å². The van der Waals surface area contributed by atoms with Gasteiger partial charge in [-0.2, -0.15) is 5.26 Å². The van der Waals surface area contributed by atoms with E-state index in [1.165, 1.54) is 12.1 Å². The number of fused-ring (bicyclic) bond motifs is 1. The summed E-state index contributed by atoms with van der Waals surface area (Å²) in [4.78, 5) is 16.8. The molecule has 2 N–H and O–H groups in total. The van der Waals surface area contributed by atoms with Gasteiger partial charge in [-0.15, -0.1) is 0 Å². The lowest BCUT2D eigenvalue weighted by atomic mass is 9.96. The fraction of sp³-hybridized carbons (Fsp3) is 0.118. The first kappa shape index (κ1) is 17.8. The minimum Gasteiger partial charge on any atom is -0.398 e. The zero-order valence-electron chi connectivity index (χ0n) is 13.0. The molecule has 0 saturated heterocycles. The van der Waals surface area contributed by atoms with E-state index in [1.807, 2.05) is 6.07 Å². The number of imidazole rings is 1. The molecule has 3 aromatic rings. The van der Waals surface area contributed by atoms with Crippen molar-refractivity contribution in [2.24, 2.45) is 0 Å². The van der Waals surface area contributed by atoms with Crippen molar-refractivity contribution in [1.82, 2.24) is 9.55 Å². The lowest BCUT2D eigenvalue weighted by Crippen LogP contribution is -2.11. The highest BCUT2D eigenvalue weighted by Crippen LogP contribution is 2.31. The maximum absolute atomic E-state index is 13.5. The van der Waals surface area contributed by atoms with Crippen LogP contribution in [0.2, 0.25) is 5.02 Å². The lowest BCUT2D eigenvalue weighted by molar-refractivity contribution is 0.103. The Kier molecular flexibility index (Phi) is 4.57. The molecule has 0 spiro atoms. The first-order valence-corrected chi connectivity index (χ1v) is 7.66. The van der Waals surface area contributed by atoms with E-state index in [9.17, 15) is 23.2 Å². The molecule has 9 heteroatoms. The van der Waals surface area contributed by atoms with Crippen molar-refractivity contribution in [2.75, 3.05) is 5.73 Å². The summed E-state index contributed by atoms with van der Waals surface area (Å²) in [6, 6.07) is 6.35. The maximum Gasteiger partial charge on any atom is 0.256 e. The average Bonchev–Trinajstić information content (AvgIpc) is 2.97. The number of hydrogen-bond acceptors (Lipinski definition) is 4. The molecule has 0 aliphatic rings. The summed E-state index contributed by atoms with van der Waals surface area (Å²) < 4.78 is 40.0. The van der Waals surface area contributed by atoms with Gasteiger partial charge in [-0.1, -0.05) is 11.6 Å². The number of hydrogen-bond donors (Lipinski definition) is 1. The van der Waals surface area contributed by atoms with Gasteiger partial charge in [0.2, 0.25) is 0 Å². The van der Waals surface area contributed by atoms with Crippen LogP contribution in [0.25, 0.3) is 11.0 Å². The van der Waals surface area contributed by atoms with Gasteiger partial charge in [-0.25, -0.2) is 18.2 Å². The molecule has 0 aliphatic heterocycles. The largest absolute Gasteiger partial charge is 0.398 e.